The van der Waals surface area contributed by atoms with Crippen molar-refractivity contribution in [2.75, 3.05) is 38.5 Å². The van der Waals surface area contributed by atoms with E-state index in [-0.39, 0.29) is 35.2 Å². The fourth-order valence-corrected chi connectivity index (χ4v) is 6.48. The number of fused-ring (bicyclic) bond motifs is 3. The average molecular weight is 593 g/mol. The lowest BCUT2D eigenvalue weighted by Crippen LogP contribution is -2.65. The molecule has 5 rings (SSSR count). The number of hydrogen-bond acceptors (Lipinski definition) is 12. The first-order valence-electron chi connectivity index (χ1n) is 13.4. The Bertz CT molecular complexity index is 1630. The third-order valence-electron chi connectivity index (χ3n) is 8.41. The normalized spacial score (nSPS) is 24.7. The van der Waals surface area contributed by atoms with Gasteiger partial charge in [-0.05, 0) is 56.6 Å². The molecule has 1 aromatic carbocycles. The van der Waals surface area contributed by atoms with Crippen LogP contribution < -0.4 is 21.5 Å². The Hall–Kier alpha value is -4.95. The predicted octanol–water partition coefficient (Wildman–Crippen LogP) is 0.182. The van der Waals surface area contributed by atoms with E-state index in [2.05, 4.69) is 15.8 Å². The van der Waals surface area contributed by atoms with Crippen LogP contribution in [0.3, 0.4) is 0 Å². The summed E-state index contributed by atoms with van der Waals surface area (Å²) in [6.45, 7) is 0. The van der Waals surface area contributed by atoms with Gasteiger partial charge in [-0.15, -0.1) is 0 Å². The number of primary amides is 1. The summed E-state index contributed by atoms with van der Waals surface area (Å²) in [7, 11) is 6.55. The Balaban J connectivity index is 1.64. The van der Waals surface area contributed by atoms with Gasteiger partial charge in [-0.25, -0.2) is 0 Å². The van der Waals surface area contributed by atoms with Crippen molar-refractivity contribution in [3.63, 3.8) is 0 Å². The van der Waals surface area contributed by atoms with Crippen LogP contribution in [0.1, 0.15) is 27.9 Å². The molecule has 14 nitrogen and oxygen atoms in total. The van der Waals surface area contributed by atoms with Gasteiger partial charge in [-0.2, -0.15) is 0 Å². The number of Topliss-reactive ketones (excluding diaryl/α,β-unsaturated/α-hetero) is 2. The highest BCUT2D eigenvalue weighted by molar-refractivity contribution is 6.24. The topological polar surface area (TPSA) is 219 Å². The van der Waals surface area contributed by atoms with Crippen LogP contribution in [0.5, 0.6) is 5.75 Å². The number of aromatic nitrogens is 1. The van der Waals surface area contributed by atoms with Crippen LogP contribution in [0.25, 0.3) is 5.76 Å². The van der Waals surface area contributed by atoms with Crippen molar-refractivity contribution in [3.8, 4) is 5.75 Å². The number of benzene rings is 1. The summed E-state index contributed by atoms with van der Waals surface area (Å²) in [4.78, 5) is 59.1. The quantitative estimate of drug-likeness (QED) is 0.136. The number of ketones is 2. The van der Waals surface area contributed by atoms with Gasteiger partial charge in [-0.1, -0.05) is 0 Å². The molecule has 14 heteroatoms. The third kappa shape index (κ3) is 4.37. The molecule has 1 saturated carbocycles. The Morgan fingerprint density at radius 1 is 1.14 bits per heavy atom. The van der Waals surface area contributed by atoms with Gasteiger partial charge in [0.15, 0.2) is 17.1 Å². The highest BCUT2D eigenvalue weighted by atomic mass is 16.3. The number of aromatic hydroxyl groups is 1. The lowest BCUT2D eigenvalue weighted by Gasteiger charge is -2.50. The third-order valence-corrected chi connectivity index (χ3v) is 8.41. The van der Waals surface area contributed by atoms with Crippen molar-refractivity contribution in [3.05, 3.63) is 64.2 Å². The van der Waals surface area contributed by atoms with Crippen molar-refractivity contribution >= 4 is 40.5 Å². The highest BCUT2D eigenvalue weighted by Gasteiger charge is 2.64. The summed E-state index contributed by atoms with van der Waals surface area (Å²) in [5, 5.41) is 45.6. The van der Waals surface area contributed by atoms with E-state index in [0.717, 1.165) is 0 Å². The van der Waals surface area contributed by atoms with Crippen LogP contribution in [-0.4, -0.2) is 93.5 Å². The SMILES string of the molecule is CN(C)c1cc(NNC(=O)c2cccnc2)c(O)c2c1CC1CC3[C@H](N(C)C)C(=O)C(C(N)=O)=C(O)[C@@]3(O)C(=O)C1=C2O. The molecule has 43 heavy (non-hydrogen) atoms. The number of phenolic OH excluding ortho intramolecular Hbond substituents is 1. The van der Waals surface area contributed by atoms with Crippen molar-refractivity contribution in [2.24, 2.45) is 17.6 Å². The second-order valence-corrected chi connectivity index (χ2v) is 11.3. The molecule has 0 aliphatic heterocycles. The number of pyridine rings is 1. The maximum Gasteiger partial charge on any atom is 0.271 e. The molecule has 3 aliphatic rings. The van der Waals surface area contributed by atoms with E-state index < -0.39 is 69.7 Å². The van der Waals surface area contributed by atoms with Crippen LogP contribution >= 0.6 is 0 Å². The second-order valence-electron chi connectivity index (χ2n) is 11.3. The molecule has 4 atom stereocenters. The number of anilines is 2. The Labute approximate surface area is 246 Å². The van der Waals surface area contributed by atoms with Gasteiger partial charge < -0.3 is 31.1 Å². The van der Waals surface area contributed by atoms with Gasteiger partial charge in [0.25, 0.3) is 11.8 Å². The molecular weight excluding hydrogens is 560 g/mol. The van der Waals surface area contributed by atoms with E-state index in [1.54, 1.807) is 31.1 Å². The van der Waals surface area contributed by atoms with E-state index in [1.807, 2.05) is 0 Å². The second kappa shape index (κ2) is 10.4. The molecule has 3 aliphatic carbocycles. The maximum absolute atomic E-state index is 14.1. The minimum absolute atomic E-state index is 0.000158. The molecule has 8 N–H and O–H groups in total. The molecule has 0 bridgehead atoms. The van der Waals surface area contributed by atoms with E-state index in [1.165, 1.54) is 37.5 Å². The molecule has 2 unspecified atom stereocenters. The largest absolute Gasteiger partial charge is 0.508 e. The van der Waals surface area contributed by atoms with Crippen molar-refractivity contribution in [2.45, 2.75) is 24.5 Å². The first-order chi connectivity index (χ1) is 20.2. The summed E-state index contributed by atoms with van der Waals surface area (Å²) < 4.78 is 0. The minimum atomic E-state index is -2.74. The summed E-state index contributed by atoms with van der Waals surface area (Å²) in [6.07, 6.45) is 2.96. The smallest absolute Gasteiger partial charge is 0.271 e. The standard InChI is InChI=1S/C29H32N6O8/c1-34(2)17-10-16(32-33-28(42)12-6-5-7-31-11-12)22(36)19-14(17)8-13-9-15-21(35(3)4)24(38)20(27(30)41)26(40)29(15,43)25(39)18(13)23(19)37/h5-7,10-11,13,15,21,32,36-37,40,43H,8-9H2,1-4H3,(H2,30,41)(H,33,42)/t13?,15?,21-,29-/m0/s1. The minimum Gasteiger partial charge on any atom is -0.508 e. The summed E-state index contributed by atoms with van der Waals surface area (Å²) in [6, 6.07) is 3.52. The molecule has 1 aromatic heterocycles. The molecule has 0 radical (unpaired) electrons. The van der Waals surface area contributed by atoms with E-state index in [4.69, 9.17) is 5.73 Å². The van der Waals surface area contributed by atoms with Gasteiger partial charge in [0, 0.05) is 43.7 Å². The number of nitrogens with zero attached hydrogens (tertiary/aromatic N) is 3. The number of amides is 2. The van der Waals surface area contributed by atoms with Gasteiger partial charge >= 0.3 is 0 Å². The fraction of sp³-hybridized carbons (Fsp3) is 0.345. The number of nitrogens with two attached hydrogens (primary N) is 1. The van der Waals surface area contributed by atoms with Crippen LogP contribution in [-0.2, 0) is 20.8 Å². The van der Waals surface area contributed by atoms with Crippen molar-refractivity contribution in [1.82, 2.24) is 15.3 Å². The number of phenols is 1. The van der Waals surface area contributed by atoms with Crippen LogP contribution in [0.2, 0.25) is 0 Å². The number of rotatable bonds is 6. The van der Waals surface area contributed by atoms with Crippen molar-refractivity contribution < 1.29 is 39.6 Å². The van der Waals surface area contributed by atoms with Crippen molar-refractivity contribution in [1.29, 1.82) is 0 Å². The van der Waals surface area contributed by atoms with Gasteiger partial charge in [-0.3, -0.25) is 39.9 Å². The molecular formula is C29H32N6O8. The lowest BCUT2D eigenvalue weighted by molar-refractivity contribution is -0.153. The Morgan fingerprint density at radius 2 is 1.84 bits per heavy atom. The van der Waals surface area contributed by atoms with Gasteiger partial charge in [0.1, 0.15) is 17.1 Å². The zero-order valence-electron chi connectivity index (χ0n) is 23.9. The Morgan fingerprint density at radius 3 is 2.42 bits per heavy atom. The van der Waals surface area contributed by atoms with E-state index in [9.17, 15) is 39.6 Å². The summed E-state index contributed by atoms with van der Waals surface area (Å²) in [5.41, 5.74) is 7.75. The molecule has 226 valence electrons. The summed E-state index contributed by atoms with van der Waals surface area (Å²) >= 11 is 0. The van der Waals surface area contributed by atoms with Crippen LogP contribution in [0.15, 0.2) is 47.5 Å². The van der Waals surface area contributed by atoms with Gasteiger partial charge in [0.05, 0.1) is 22.9 Å². The first-order valence-corrected chi connectivity index (χ1v) is 13.4. The molecule has 1 fully saturated rings. The number of aliphatic hydroxyl groups is 3. The Kier molecular flexibility index (Phi) is 7.14. The first kappa shape index (κ1) is 29.5. The average Bonchev–Trinajstić information content (AvgIpc) is 2.94. The van der Waals surface area contributed by atoms with Gasteiger partial charge in [0.2, 0.25) is 5.78 Å². The highest BCUT2D eigenvalue weighted by Crippen LogP contribution is 2.54. The number of carbonyl (C=O) groups excluding carboxylic acids is 4. The van der Waals surface area contributed by atoms with Crippen LogP contribution in [0, 0.1) is 11.8 Å². The molecule has 2 aromatic rings. The molecule has 0 saturated heterocycles. The zero-order chi connectivity index (χ0) is 31.5. The number of nitrogens with one attached hydrogen (secondary N) is 2. The number of aliphatic hydroxyl groups excluding tert-OH is 2. The number of hydrogen-bond donors (Lipinski definition) is 7. The fourth-order valence-electron chi connectivity index (χ4n) is 6.48. The number of hydrazine groups is 1. The van der Waals surface area contributed by atoms with E-state index in [0.29, 0.717) is 11.3 Å². The summed E-state index contributed by atoms with van der Waals surface area (Å²) in [5.74, 6) is -7.96. The maximum atomic E-state index is 14.1. The molecule has 1 heterocycles. The zero-order valence-corrected chi connectivity index (χ0v) is 23.9. The predicted molar refractivity (Wildman–Crippen MR) is 154 cm³/mol. The molecule has 2 amide bonds. The number of carbonyl (C=O) groups is 4. The lowest BCUT2D eigenvalue weighted by atomic mass is 9.57. The molecule has 0 spiro atoms. The number of likely N-dealkylation sites (N-methyl/N-ethyl adjacent to an activating group) is 1. The van der Waals surface area contributed by atoms with Crippen LogP contribution in [0.4, 0.5) is 11.4 Å². The van der Waals surface area contributed by atoms with E-state index >= 15 is 0 Å². The monoisotopic (exact) mass is 592 g/mol.